The van der Waals surface area contributed by atoms with Crippen LogP contribution in [-0.2, 0) is 10.2 Å². The zero-order valence-electron chi connectivity index (χ0n) is 14.7. The van der Waals surface area contributed by atoms with Crippen LogP contribution in [0, 0.1) is 13.8 Å². The van der Waals surface area contributed by atoms with Gasteiger partial charge in [-0.1, -0.05) is 0 Å². The summed E-state index contributed by atoms with van der Waals surface area (Å²) in [4.78, 5) is 13.1. The largest absolute Gasteiger partial charge is 0.354 e. The quantitative estimate of drug-likeness (QED) is 0.772. The summed E-state index contributed by atoms with van der Waals surface area (Å²) in [5.74, 6) is 1.56. The molecule has 1 aliphatic rings. The van der Waals surface area contributed by atoms with Crippen molar-refractivity contribution in [2.45, 2.75) is 13.8 Å². The molecule has 1 saturated heterocycles. The molecule has 1 fully saturated rings. The molecule has 0 saturated carbocycles. The second kappa shape index (κ2) is 6.58. The molecule has 23 heavy (non-hydrogen) atoms. The number of aryl methyl sites for hydroxylation is 1. The van der Waals surface area contributed by atoms with Gasteiger partial charge in [-0.3, -0.25) is 0 Å². The molecule has 0 radical (unpaired) electrons. The first-order valence-corrected chi connectivity index (χ1v) is 8.99. The first kappa shape index (κ1) is 17.9. The Hall–Kier alpha value is -1.45. The van der Waals surface area contributed by atoms with Gasteiger partial charge in [0.05, 0.1) is 0 Å². The van der Waals surface area contributed by atoms with Crippen molar-refractivity contribution in [2.24, 2.45) is 0 Å². The zero-order valence-corrected chi connectivity index (χ0v) is 15.6. The highest BCUT2D eigenvalue weighted by atomic mass is 32.2. The second-order valence-electron chi connectivity index (χ2n) is 6.13. The van der Waals surface area contributed by atoms with E-state index in [-0.39, 0.29) is 0 Å². The van der Waals surface area contributed by atoms with Crippen LogP contribution in [0.2, 0.25) is 0 Å². The minimum absolute atomic E-state index is 0.459. The predicted molar refractivity (Wildman–Crippen MR) is 92.2 cm³/mol. The molecular weight excluding hydrogens is 316 g/mol. The third-order valence-corrected chi connectivity index (χ3v) is 6.02. The Morgan fingerprint density at radius 3 is 2.00 bits per heavy atom. The van der Waals surface area contributed by atoms with E-state index < -0.39 is 10.2 Å². The number of anilines is 2. The van der Waals surface area contributed by atoms with E-state index in [0.29, 0.717) is 32.1 Å². The van der Waals surface area contributed by atoms with Crippen molar-refractivity contribution in [1.29, 1.82) is 0 Å². The van der Waals surface area contributed by atoms with Gasteiger partial charge in [-0.2, -0.15) is 22.0 Å². The molecule has 0 bridgehead atoms. The molecule has 1 aromatic heterocycles. The summed E-state index contributed by atoms with van der Waals surface area (Å²) in [5.41, 5.74) is 1.99. The van der Waals surface area contributed by atoms with E-state index in [1.807, 2.05) is 32.8 Å². The highest BCUT2D eigenvalue weighted by Crippen LogP contribution is 2.24. The predicted octanol–water partition coefficient (Wildman–Crippen LogP) is 0.0878. The molecule has 0 spiro atoms. The van der Waals surface area contributed by atoms with Gasteiger partial charge in [-0.25, -0.2) is 4.98 Å². The SMILES string of the molecule is Cc1nc(N(C)C)nc(N2CCN(S(=O)(=O)N(C)C)CC2)c1C. The highest BCUT2D eigenvalue weighted by molar-refractivity contribution is 7.86. The molecule has 1 aromatic rings. The van der Waals surface area contributed by atoms with Gasteiger partial charge in [-0.15, -0.1) is 0 Å². The number of nitrogens with zero attached hydrogens (tertiary/aromatic N) is 6. The van der Waals surface area contributed by atoms with E-state index >= 15 is 0 Å². The monoisotopic (exact) mass is 342 g/mol. The normalized spacial score (nSPS) is 16.9. The molecule has 8 nitrogen and oxygen atoms in total. The molecule has 0 atom stereocenters. The van der Waals surface area contributed by atoms with Crippen molar-refractivity contribution in [3.63, 3.8) is 0 Å². The summed E-state index contributed by atoms with van der Waals surface area (Å²) < 4.78 is 27.2. The lowest BCUT2D eigenvalue weighted by molar-refractivity contribution is 0.354. The van der Waals surface area contributed by atoms with Crippen LogP contribution in [-0.4, -0.2) is 81.4 Å². The molecule has 2 rings (SSSR count). The summed E-state index contributed by atoms with van der Waals surface area (Å²) in [6.07, 6.45) is 0. The smallest absolute Gasteiger partial charge is 0.281 e. The molecule has 130 valence electrons. The van der Waals surface area contributed by atoms with Crippen molar-refractivity contribution in [3.8, 4) is 0 Å². The molecule has 0 unspecified atom stereocenters. The van der Waals surface area contributed by atoms with Crippen molar-refractivity contribution >= 4 is 22.0 Å². The van der Waals surface area contributed by atoms with E-state index in [9.17, 15) is 8.42 Å². The van der Waals surface area contributed by atoms with Crippen LogP contribution in [0.3, 0.4) is 0 Å². The average molecular weight is 342 g/mol. The molecule has 9 heteroatoms. The molecule has 0 N–H and O–H groups in total. The van der Waals surface area contributed by atoms with Crippen LogP contribution >= 0.6 is 0 Å². The lowest BCUT2D eigenvalue weighted by atomic mass is 10.2. The van der Waals surface area contributed by atoms with Gasteiger partial charge < -0.3 is 9.80 Å². The van der Waals surface area contributed by atoms with Crippen LogP contribution in [0.1, 0.15) is 11.3 Å². The number of rotatable bonds is 4. The molecular formula is C14H26N6O2S. The zero-order chi connectivity index (χ0) is 17.4. The fraction of sp³-hybridized carbons (Fsp3) is 0.714. The third-order valence-electron chi connectivity index (χ3n) is 4.08. The van der Waals surface area contributed by atoms with E-state index in [2.05, 4.69) is 14.9 Å². The summed E-state index contributed by atoms with van der Waals surface area (Å²) in [6, 6.07) is 0. The maximum absolute atomic E-state index is 12.2. The Labute approximate surface area is 138 Å². The van der Waals surface area contributed by atoms with Crippen molar-refractivity contribution < 1.29 is 8.42 Å². The summed E-state index contributed by atoms with van der Waals surface area (Å²) in [6.45, 7) is 6.14. The highest BCUT2D eigenvalue weighted by Gasteiger charge is 2.29. The molecule has 0 amide bonds. The topological polar surface area (TPSA) is 72.9 Å². The van der Waals surface area contributed by atoms with Gasteiger partial charge in [0.1, 0.15) is 5.82 Å². The summed E-state index contributed by atoms with van der Waals surface area (Å²) >= 11 is 0. The van der Waals surface area contributed by atoms with Gasteiger partial charge in [-0.05, 0) is 13.8 Å². The Bertz CT molecular complexity index is 666. The second-order valence-corrected chi connectivity index (χ2v) is 8.27. The van der Waals surface area contributed by atoms with Crippen LogP contribution in [0.25, 0.3) is 0 Å². The van der Waals surface area contributed by atoms with Crippen LogP contribution in [0.15, 0.2) is 0 Å². The number of hydrogen-bond donors (Lipinski definition) is 0. The number of piperazine rings is 1. The van der Waals surface area contributed by atoms with Crippen molar-refractivity contribution in [2.75, 3.05) is 64.2 Å². The lowest BCUT2D eigenvalue weighted by Crippen LogP contribution is -2.52. The van der Waals surface area contributed by atoms with Gasteiger partial charge in [0.25, 0.3) is 10.2 Å². The first-order chi connectivity index (χ1) is 10.6. The van der Waals surface area contributed by atoms with Gasteiger partial charge in [0.2, 0.25) is 5.95 Å². The molecule has 0 aromatic carbocycles. The Balaban J connectivity index is 2.21. The maximum Gasteiger partial charge on any atom is 0.281 e. The van der Waals surface area contributed by atoms with Crippen LogP contribution in [0.4, 0.5) is 11.8 Å². The molecule has 1 aliphatic heterocycles. The Kier molecular flexibility index (Phi) is 5.12. The van der Waals surface area contributed by atoms with E-state index in [1.54, 1.807) is 14.1 Å². The van der Waals surface area contributed by atoms with Gasteiger partial charge in [0, 0.05) is 65.6 Å². The average Bonchev–Trinajstić information content (AvgIpc) is 2.49. The first-order valence-electron chi connectivity index (χ1n) is 7.59. The van der Waals surface area contributed by atoms with Gasteiger partial charge >= 0.3 is 0 Å². The standard InChI is InChI=1S/C14H26N6O2S/c1-11-12(2)15-14(17(3)4)16-13(11)19-7-9-20(10-8-19)23(21,22)18(5)6/h7-10H2,1-6H3. The van der Waals surface area contributed by atoms with E-state index in [4.69, 9.17) is 0 Å². The minimum atomic E-state index is -3.35. The Morgan fingerprint density at radius 1 is 0.957 bits per heavy atom. The van der Waals surface area contributed by atoms with E-state index in [1.165, 1.54) is 8.61 Å². The van der Waals surface area contributed by atoms with Crippen molar-refractivity contribution in [3.05, 3.63) is 11.3 Å². The number of aromatic nitrogens is 2. The summed E-state index contributed by atoms with van der Waals surface area (Å²) in [5, 5.41) is 0. The Morgan fingerprint density at radius 2 is 1.52 bits per heavy atom. The molecule has 0 aliphatic carbocycles. The maximum atomic E-state index is 12.2. The van der Waals surface area contributed by atoms with Crippen molar-refractivity contribution in [1.82, 2.24) is 18.6 Å². The minimum Gasteiger partial charge on any atom is -0.354 e. The lowest BCUT2D eigenvalue weighted by Gasteiger charge is -2.36. The molecule has 2 heterocycles. The van der Waals surface area contributed by atoms with Gasteiger partial charge in [0.15, 0.2) is 0 Å². The third kappa shape index (κ3) is 3.56. The fourth-order valence-electron chi connectivity index (χ4n) is 2.47. The van der Waals surface area contributed by atoms with Crippen LogP contribution < -0.4 is 9.80 Å². The van der Waals surface area contributed by atoms with E-state index in [0.717, 1.165) is 17.1 Å². The van der Waals surface area contributed by atoms with Crippen LogP contribution in [0.5, 0.6) is 0 Å². The summed E-state index contributed by atoms with van der Waals surface area (Å²) in [7, 11) is 3.59. The fourth-order valence-corrected chi connectivity index (χ4v) is 3.56. The number of hydrogen-bond acceptors (Lipinski definition) is 6.